The van der Waals surface area contributed by atoms with Gasteiger partial charge in [0, 0.05) is 27.0 Å². The fraction of sp³-hybridized carbons (Fsp3) is 0.0870. The molecule has 0 radical (unpaired) electrons. The molecule has 4 rings (SSSR count). The fourth-order valence-corrected chi connectivity index (χ4v) is 4.02. The molecule has 0 aliphatic carbocycles. The summed E-state index contributed by atoms with van der Waals surface area (Å²) >= 11 is 13.3. The third kappa shape index (κ3) is 5.28. The number of nitrogens with one attached hydrogen (secondary N) is 1. The number of carbonyl (C=O) groups excluding carboxylic acids is 1. The van der Waals surface area contributed by atoms with Gasteiger partial charge in [-0.1, -0.05) is 58.7 Å². The molecule has 31 heavy (non-hydrogen) atoms. The molecule has 156 valence electrons. The maximum Gasteiger partial charge on any atom is 0.234 e. The van der Waals surface area contributed by atoms with Crippen molar-refractivity contribution in [3.63, 3.8) is 0 Å². The molecule has 0 saturated carbocycles. The van der Waals surface area contributed by atoms with Crippen LogP contribution in [0.3, 0.4) is 0 Å². The molecule has 1 N–H and O–H groups in total. The van der Waals surface area contributed by atoms with Gasteiger partial charge < -0.3 is 5.32 Å². The van der Waals surface area contributed by atoms with Crippen LogP contribution in [0, 0.1) is 6.92 Å². The van der Waals surface area contributed by atoms with E-state index in [2.05, 4.69) is 21.6 Å². The van der Waals surface area contributed by atoms with Crippen LogP contribution in [0.15, 0.2) is 78.0 Å². The zero-order valence-electron chi connectivity index (χ0n) is 16.5. The van der Waals surface area contributed by atoms with Crippen molar-refractivity contribution in [2.24, 2.45) is 0 Å². The Morgan fingerprint density at radius 3 is 2.32 bits per heavy atom. The third-order valence-corrected chi connectivity index (χ3v) is 5.89. The zero-order valence-corrected chi connectivity index (χ0v) is 18.9. The van der Waals surface area contributed by atoms with E-state index in [1.54, 1.807) is 24.3 Å². The van der Waals surface area contributed by atoms with Crippen molar-refractivity contribution >= 4 is 46.6 Å². The number of anilines is 1. The van der Waals surface area contributed by atoms with Gasteiger partial charge in [-0.3, -0.25) is 9.36 Å². The van der Waals surface area contributed by atoms with E-state index in [0.29, 0.717) is 26.7 Å². The summed E-state index contributed by atoms with van der Waals surface area (Å²) in [5.74, 6) is 0.740. The minimum atomic E-state index is -0.143. The number of aryl methyl sites for hydroxylation is 1. The first-order valence-corrected chi connectivity index (χ1v) is 11.2. The summed E-state index contributed by atoms with van der Waals surface area (Å²) in [6.07, 6.45) is 0. The van der Waals surface area contributed by atoms with E-state index in [4.69, 9.17) is 23.2 Å². The van der Waals surface area contributed by atoms with Gasteiger partial charge in [-0.05, 0) is 61.5 Å². The molecule has 0 aliphatic rings. The summed E-state index contributed by atoms with van der Waals surface area (Å²) < 4.78 is 1.94. The molecular weight excluding hydrogens is 451 g/mol. The first-order chi connectivity index (χ1) is 15.0. The fourth-order valence-electron chi connectivity index (χ4n) is 3.02. The number of rotatable bonds is 6. The molecule has 5 nitrogen and oxygen atoms in total. The normalized spacial score (nSPS) is 10.8. The summed E-state index contributed by atoms with van der Waals surface area (Å²) in [5.41, 5.74) is 3.63. The number of carbonyl (C=O) groups is 1. The van der Waals surface area contributed by atoms with Crippen LogP contribution in [0.4, 0.5) is 5.69 Å². The van der Waals surface area contributed by atoms with Crippen LogP contribution in [0.1, 0.15) is 5.56 Å². The number of hydrogen-bond donors (Lipinski definition) is 1. The van der Waals surface area contributed by atoms with Gasteiger partial charge in [0.25, 0.3) is 0 Å². The van der Waals surface area contributed by atoms with Gasteiger partial charge in [0.2, 0.25) is 5.91 Å². The number of benzene rings is 3. The van der Waals surface area contributed by atoms with Crippen molar-refractivity contribution in [2.45, 2.75) is 12.1 Å². The molecule has 0 unspecified atom stereocenters. The van der Waals surface area contributed by atoms with Gasteiger partial charge in [0.05, 0.1) is 5.75 Å². The number of thioether (sulfide) groups is 1. The molecule has 0 fully saturated rings. The van der Waals surface area contributed by atoms with E-state index in [-0.39, 0.29) is 11.7 Å². The molecule has 1 aromatic heterocycles. The van der Waals surface area contributed by atoms with Crippen molar-refractivity contribution in [1.29, 1.82) is 0 Å². The van der Waals surface area contributed by atoms with E-state index in [1.165, 1.54) is 11.8 Å². The van der Waals surface area contributed by atoms with Crippen molar-refractivity contribution in [3.05, 3.63) is 88.4 Å². The van der Waals surface area contributed by atoms with Gasteiger partial charge >= 0.3 is 0 Å². The molecule has 0 saturated heterocycles. The maximum absolute atomic E-state index is 12.4. The molecule has 1 amide bonds. The standard InChI is InChI=1S/C23H18Cl2N4OS/c1-15-3-2-4-16(13-15)22-27-28-23(29(22)20-11-7-18(25)8-12-20)31-14-21(30)26-19-9-5-17(24)6-10-19/h2-13H,14H2,1H3,(H,26,30). The molecule has 0 aliphatic heterocycles. The lowest BCUT2D eigenvalue weighted by atomic mass is 10.1. The van der Waals surface area contributed by atoms with Crippen molar-refractivity contribution in [2.75, 3.05) is 11.1 Å². The summed E-state index contributed by atoms with van der Waals surface area (Å²) in [5, 5.41) is 13.5. The second-order valence-corrected chi connectivity index (χ2v) is 8.65. The van der Waals surface area contributed by atoms with E-state index in [9.17, 15) is 4.79 Å². The number of hydrogen-bond acceptors (Lipinski definition) is 4. The Morgan fingerprint density at radius 2 is 1.65 bits per heavy atom. The van der Waals surface area contributed by atoms with Gasteiger partial charge in [-0.25, -0.2) is 0 Å². The predicted molar refractivity (Wildman–Crippen MR) is 127 cm³/mol. The summed E-state index contributed by atoms with van der Waals surface area (Å²) in [4.78, 5) is 12.4. The second-order valence-electron chi connectivity index (χ2n) is 6.83. The smallest absolute Gasteiger partial charge is 0.234 e. The number of nitrogens with zero attached hydrogens (tertiary/aromatic N) is 3. The van der Waals surface area contributed by atoms with Crippen molar-refractivity contribution in [3.8, 4) is 17.1 Å². The molecule has 8 heteroatoms. The highest BCUT2D eigenvalue weighted by Gasteiger charge is 2.17. The number of aromatic nitrogens is 3. The Hall–Kier alpha value is -2.80. The first-order valence-electron chi connectivity index (χ1n) is 9.46. The number of halogens is 2. The highest BCUT2D eigenvalue weighted by molar-refractivity contribution is 7.99. The lowest BCUT2D eigenvalue weighted by molar-refractivity contribution is -0.113. The van der Waals surface area contributed by atoms with Crippen LogP contribution < -0.4 is 5.32 Å². The first kappa shape index (κ1) is 21.4. The molecule has 0 atom stereocenters. The minimum absolute atomic E-state index is 0.143. The number of amides is 1. The Bertz CT molecular complexity index is 1210. The topological polar surface area (TPSA) is 59.8 Å². The average molecular weight is 469 g/mol. The van der Waals surface area contributed by atoms with Crippen LogP contribution in [-0.2, 0) is 4.79 Å². The molecule has 0 bridgehead atoms. The second kappa shape index (κ2) is 9.56. The van der Waals surface area contributed by atoms with Gasteiger partial charge in [-0.2, -0.15) is 0 Å². The molecular formula is C23H18Cl2N4OS. The van der Waals surface area contributed by atoms with E-state index in [1.807, 2.05) is 54.0 Å². The third-order valence-electron chi connectivity index (χ3n) is 4.45. The Kier molecular flexibility index (Phi) is 6.61. The molecule has 3 aromatic carbocycles. The van der Waals surface area contributed by atoms with Crippen LogP contribution in [-0.4, -0.2) is 26.4 Å². The highest BCUT2D eigenvalue weighted by Crippen LogP contribution is 2.29. The molecule has 4 aromatic rings. The quantitative estimate of drug-likeness (QED) is 0.338. The highest BCUT2D eigenvalue weighted by atomic mass is 35.5. The van der Waals surface area contributed by atoms with Crippen molar-refractivity contribution in [1.82, 2.24) is 14.8 Å². The Morgan fingerprint density at radius 1 is 0.968 bits per heavy atom. The Balaban J connectivity index is 1.60. The van der Waals surface area contributed by atoms with Crippen LogP contribution in [0.25, 0.3) is 17.1 Å². The maximum atomic E-state index is 12.4. The summed E-state index contributed by atoms with van der Waals surface area (Å²) in [6.45, 7) is 2.03. The lowest BCUT2D eigenvalue weighted by Gasteiger charge is -2.11. The van der Waals surface area contributed by atoms with E-state index < -0.39 is 0 Å². The van der Waals surface area contributed by atoms with Crippen molar-refractivity contribution < 1.29 is 4.79 Å². The molecule has 1 heterocycles. The zero-order chi connectivity index (χ0) is 21.8. The van der Waals surface area contributed by atoms with E-state index >= 15 is 0 Å². The predicted octanol–water partition coefficient (Wildman–Crippen LogP) is 6.28. The SMILES string of the molecule is Cc1cccc(-c2nnc(SCC(=O)Nc3ccc(Cl)cc3)n2-c2ccc(Cl)cc2)c1. The Labute approximate surface area is 194 Å². The summed E-state index contributed by atoms with van der Waals surface area (Å²) in [6, 6.07) is 22.5. The summed E-state index contributed by atoms with van der Waals surface area (Å²) in [7, 11) is 0. The molecule has 0 spiro atoms. The van der Waals surface area contributed by atoms with Crippen LogP contribution in [0.5, 0.6) is 0 Å². The van der Waals surface area contributed by atoms with Crippen LogP contribution >= 0.6 is 35.0 Å². The lowest BCUT2D eigenvalue weighted by Crippen LogP contribution is -2.14. The average Bonchev–Trinajstić information content (AvgIpc) is 3.18. The van der Waals surface area contributed by atoms with Gasteiger partial charge in [0.15, 0.2) is 11.0 Å². The minimum Gasteiger partial charge on any atom is -0.325 e. The van der Waals surface area contributed by atoms with E-state index in [0.717, 1.165) is 16.8 Å². The van der Waals surface area contributed by atoms with Gasteiger partial charge in [-0.15, -0.1) is 10.2 Å². The largest absolute Gasteiger partial charge is 0.325 e. The van der Waals surface area contributed by atoms with Crippen LogP contribution in [0.2, 0.25) is 10.0 Å². The van der Waals surface area contributed by atoms with Gasteiger partial charge in [0.1, 0.15) is 0 Å². The monoisotopic (exact) mass is 468 g/mol.